The highest BCUT2D eigenvalue weighted by atomic mass is 16.2. The molecular weight excluding hydrogens is 310 g/mol. The van der Waals surface area contributed by atoms with Crippen LogP contribution in [-0.2, 0) is 6.42 Å². The van der Waals surface area contributed by atoms with Gasteiger partial charge in [-0.2, -0.15) is 0 Å². The molecule has 1 fully saturated rings. The number of para-hydroxylation sites is 1. The van der Waals surface area contributed by atoms with Crippen LogP contribution in [0, 0.1) is 0 Å². The fraction of sp³-hybridized carbons (Fsp3) is 0.286. The summed E-state index contributed by atoms with van der Waals surface area (Å²) in [6.45, 7) is 0.679. The Morgan fingerprint density at radius 3 is 2.68 bits per heavy atom. The number of nitrogens with zero attached hydrogens (tertiary/aromatic N) is 3. The van der Waals surface area contributed by atoms with Crippen molar-refractivity contribution < 1.29 is 4.79 Å². The highest BCUT2D eigenvalue weighted by Gasteiger charge is 2.27. The molecule has 1 aromatic carbocycles. The lowest BCUT2D eigenvalue weighted by Gasteiger charge is -2.19. The van der Waals surface area contributed by atoms with Crippen molar-refractivity contribution in [1.82, 2.24) is 14.9 Å². The van der Waals surface area contributed by atoms with Crippen molar-refractivity contribution in [3.05, 3.63) is 71.7 Å². The van der Waals surface area contributed by atoms with E-state index >= 15 is 0 Å². The molecule has 4 heteroatoms. The molecule has 3 aromatic rings. The van der Waals surface area contributed by atoms with Crippen molar-refractivity contribution in [2.24, 2.45) is 0 Å². The molecule has 4 rings (SSSR count). The Labute approximate surface area is 147 Å². The Morgan fingerprint density at radius 1 is 1.16 bits per heavy atom. The van der Waals surface area contributed by atoms with Crippen molar-refractivity contribution in [3.8, 4) is 0 Å². The highest BCUT2D eigenvalue weighted by molar-refractivity contribution is 6.06. The summed E-state index contributed by atoms with van der Waals surface area (Å²) < 4.78 is 0. The van der Waals surface area contributed by atoms with Crippen molar-refractivity contribution in [1.29, 1.82) is 0 Å². The molecule has 2 aromatic heterocycles. The first-order valence-corrected chi connectivity index (χ1v) is 8.76. The van der Waals surface area contributed by atoms with Crippen LogP contribution in [0.5, 0.6) is 0 Å². The van der Waals surface area contributed by atoms with Crippen LogP contribution in [0.25, 0.3) is 10.9 Å². The van der Waals surface area contributed by atoms with Crippen molar-refractivity contribution in [2.45, 2.75) is 25.2 Å². The summed E-state index contributed by atoms with van der Waals surface area (Å²) in [4.78, 5) is 23.7. The zero-order valence-corrected chi connectivity index (χ0v) is 14.4. The van der Waals surface area contributed by atoms with Gasteiger partial charge in [-0.1, -0.05) is 18.2 Å². The molecule has 1 amide bonds. The molecular formula is C21H21N3O. The summed E-state index contributed by atoms with van der Waals surface area (Å²) in [6, 6.07) is 13.9. The second kappa shape index (κ2) is 6.63. The Hall–Kier alpha value is -2.75. The van der Waals surface area contributed by atoms with Crippen LogP contribution in [0.3, 0.4) is 0 Å². The fourth-order valence-corrected chi connectivity index (χ4v) is 3.11. The van der Waals surface area contributed by atoms with Gasteiger partial charge < -0.3 is 4.90 Å². The van der Waals surface area contributed by atoms with Gasteiger partial charge in [0.25, 0.3) is 5.91 Å². The van der Waals surface area contributed by atoms with Crippen LogP contribution in [-0.4, -0.2) is 34.4 Å². The zero-order valence-electron chi connectivity index (χ0n) is 14.4. The standard InChI is InChI=1S/C21H21N3O/c1-24(13-10-15-8-11-22-12-9-15)21(25)18-14-20(16-6-7-16)23-19-5-3-2-4-17(18)19/h2-5,8-9,11-12,14,16H,6-7,10,13H2,1H3. The summed E-state index contributed by atoms with van der Waals surface area (Å²) in [7, 11) is 1.87. The number of amides is 1. The average molecular weight is 331 g/mol. The molecule has 0 unspecified atom stereocenters. The Kier molecular flexibility index (Phi) is 4.18. The molecule has 0 radical (unpaired) electrons. The van der Waals surface area contributed by atoms with Crippen molar-refractivity contribution in [3.63, 3.8) is 0 Å². The summed E-state index contributed by atoms with van der Waals surface area (Å²) >= 11 is 0. The molecule has 0 N–H and O–H groups in total. The minimum absolute atomic E-state index is 0.0644. The van der Waals surface area contributed by atoms with Gasteiger partial charge in [0.15, 0.2) is 0 Å². The number of hydrogen-bond acceptors (Lipinski definition) is 3. The maximum absolute atomic E-state index is 13.1. The molecule has 1 aliphatic carbocycles. The summed E-state index contributed by atoms with van der Waals surface area (Å²) in [5, 5.41) is 0.938. The van der Waals surface area contributed by atoms with Crippen molar-refractivity contribution in [2.75, 3.05) is 13.6 Å². The molecule has 4 nitrogen and oxygen atoms in total. The molecule has 126 valence electrons. The van der Waals surface area contributed by atoms with Crippen LogP contribution in [0.1, 0.15) is 40.4 Å². The molecule has 1 saturated carbocycles. The molecule has 1 aliphatic rings. The lowest BCUT2D eigenvalue weighted by molar-refractivity contribution is 0.0798. The van der Waals surface area contributed by atoms with Gasteiger partial charge in [-0.3, -0.25) is 14.8 Å². The third-order valence-corrected chi connectivity index (χ3v) is 4.79. The Balaban J connectivity index is 1.60. The van der Waals surface area contributed by atoms with Crippen LogP contribution in [0.15, 0.2) is 54.9 Å². The summed E-state index contributed by atoms with van der Waals surface area (Å²) in [5.41, 5.74) is 3.93. The van der Waals surface area contributed by atoms with E-state index in [0.717, 1.165) is 28.6 Å². The molecule has 2 heterocycles. The van der Waals surface area contributed by atoms with E-state index in [2.05, 4.69) is 4.98 Å². The first-order valence-electron chi connectivity index (χ1n) is 8.76. The maximum Gasteiger partial charge on any atom is 0.254 e. The molecule has 0 bridgehead atoms. The fourth-order valence-electron chi connectivity index (χ4n) is 3.11. The third kappa shape index (κ3) is 3.38. The quantitative estimate of drug-likeness (QED) is 0.714. The maximum atomic E-state index is 13.1. The smallest absolute Gasteiger partial charge is 0.254 e. The van der Waals surface area contributed by atoms with Crippen molar-refractivity contribution >= 4 is 16.8 Å². The van der Waals surface area contributed by atoms with Gasteiger partial charge in [0.2, 0.25) is 0 Å². The minimum atomic E-state index is 0.0644. The highest BCUT2D eigenvalue weighted by Crippen LogP contribution is 2.40. The van der Waals surface area contributed by atoms with Crippen LogP contribution >= 0.6 is 0 Å². The number of benzene rings is 1. The largest absolute Gasteiger partial charge is 0.341 e. The van der Waals surface area contributed by atoms with Crippen LogP contribution < -0.4 is 0 Å². The van der Waals surface area contributed by atoms with E-state index in [4.69, 9.17) is 4.98 Å². The molecule has 0 aliphatic heterocycles. The van der Waals surface area contributed by atoms with Gasteiger partial charge in [0.1, 0.15) is 0 Å². The number of aromatic nitrogens is 2. The van der Waals surface area contributed by atoms with Gasteiger partial charge in [-0.25, -0.2) is 0 Å². The first-order chi connectivity index (χ1) is 12.2. The average Bonchev–Trinajstić information content (AvgIpc) is 3.50. The molecule has 25 heavy (non-hydrogen) atoms. The predicted molar refractivity (Wildman–Crippen MR) is 98.6 cm³/mol. The van der Waals surface area contributed by atoms with Crippen LogP contribution in [0.4, 0.5) is 0 Å². The van der Waals surface area contributed by atoms with E-state index in [1.165, 1.54) is 18.4 Å². The minimum Gasteiger partial charge on any atom is -0.341 e. The number of likely N-dealkylation sites (N-methyl/N-ethyl adjacent to an activating group) is 1. The number of fused-ring (bicyclic) bond motifs is 1. The predicted octanol–water partition coefficient (Wildman–Crippen LogP) is 3.82. The molecule has 0 saturated heterocycles. The van der Waals surface area contributed by atoms with Gasteiger partial charge in [-0.15, -0.1) is 0 Å². The third-order valence-electron chi connectivity index (χ3n) is 4.79. The first kappa shape index (κ1) is 15.8. The Morgan fingerprint density at radius 2 is 1.92 bits per heavy atom. The van der Waals surface area contributed by atoms with Crippen LogP contribution in [0.2, 0.25) is 0 Å². The summed E-state index contributed by atoms with van der Waals surface area (Å²) in [5.74, 6) is 0.591. The SMILES string of the molecule is CN(CCc1ccncc1)C(=O)c1cc(C2CC2)nc2ccccc12. The zero-order chi connectivity index (χ0) is 17.2. The van der Waals surface area contributed by atoms with Gasteiger partial charge in [0, 0.05) is 43.0 Å². The second-order valence-corrected chi connectivity index (χ2v) is 6.72. The van der Waals surface area contributed by atoms with E-state index in [1.807, 2.05) is 49.5 Å². The Bertz CT molecular complexity index is 903. The van der Waals surface area contributed by atoms with E-state index < -0.39 is 0 Å². The number of carbonyl (C=O) groups is 1. The van der Waals surface area contributed by atoms with E-state index in [9.17, 15) is 4.79 Å². The summed E-state index contributed by atoms with van der Waals surface area (Å²) in [6.07, 6.45) is 6.75. The molecule has 0 spiro atoms. The second-order valence-electron chi connectivity index (χ2n) is 6.72. The lowest BCUT2D eigenvalue weighted by Crippen LogP contribution is -2.29. The normalized spacial score (nSPS) is 13.8. The number of rotatable bonds is 5. The van der Waals surface area contributed by atoms with E-state index in [0.29, 0.717) is 12.5 Å². The lowest BCUT2D eigenvalue weighted by atomic mass is 10.0. The van der Waals surface area contributed by atoms with Gasteiger partial charge in [0.05, 0.1) is 11.1 Å². The van der Waals surface area contributed by atoms with E-state index in [1.54, 1.807) is 17.3 Å². The number of carbonyl (C=O) groups excluding carboxylic acids is 1. The topological polar surface area (TPSA) is 46.1 Å². The molecule has 0 atom stereocenters. The van der Waals surface area contributed by atoms with Gasteiger partial charge >= 0.3 is 0 Å². The number of pyridine rings is 2. The van der Waals surface area contributed by atoms with E-state index in [-0.39, 0.29) is 5.91 Å². The number of hydrogen-bond donors (Lipinski definition) is 0. The van der Waals surface area contributed by atoms with Gasteiger partial charge in [-0.05, 0) is 49.1 Å². The monoisotopic (exact) mass is 331 g/mol.